The lowest BCUT2D eigenvalue weighted by atomic mass is 10.2. The molecule has 6 heteroatoms. The van der Waals surface area contributed by atoms with E-state index in [1.54, 1.807) is 42.1 Å². The Morgan fingerprint density at radius 1 is 1.09 bits per heavy atom. The molecule has 1 saturated heterocycles. The van der Waals surface area contributed by atoms with Gasteiger partial charge in [-0.15, -0.1) is 11.8 Å². The van der Waals surface area contributed by atoms with Crippen LogP contribution in [0.1, 0.15) is 5.56 Å². The number of carbonyl (C=O) groups excluding carboxylic acids is 2. The summed E-state index contributed by atoms with van der Waals surface area (Å²) in [6.45, 7) is 0. The molecule has 0 aliphatic carbocycles. The quantitative estimate of drug-likeness (QED) is 0.549. The van der Waals surface area contributed by atoms with Crippen LogP contribution in [-0.2, 0) is 4.79 Å². The standard InChI is InChI=1S/C17H12ClNO2S2/c1-22-12-8-6-11(7-9-12)10-15-16(20)19(17(21)23-15)14-5-3-2-4-13(14)18/h2-10H,1H3/b15-10-. The lowest BCUT2D eigenvalue weighted by Crippen LogP contribution is -2.27. The number of nitrogens with zero attached hydrogens (tertiary/aromatic N) is 1. The van der Waals surface area contributed by atoms with E-state index in [2.05, 4.69) is 0 Å². The molecule has 0 atom stereocenters. The molecule has 3 rings (SSSR count). The minimum Gasteiger partial charge on any atom is -0.268 e. The zero-order valence-corrected chi connectivity index (χ0v) is 14.5. The molecule has 0 aromatic heterocycles. The first-order valence-corrected chi connectivity index (χ1v) is 9.18. The molecule has 0 bridgehead atoms. The third kappa shape index (κ3) is 3.32. The zero-order chi connectivity index (χ0) is 16.4. The van der Waals surface area contributed by atoms with Crippen molar-refractivity contribution in [1.82, 2.24) is 0 Å². The fourth-order valence-corrected chi connectivity index (χ4v) is 3.62. The van der Waals surface area contributed by atoms with E-state index < -0.39 is 0 Å². The fourth-order valence-electron chi connectivity index (χ4n) is 2.16. The molecule has 1 aliphatic rings. The van der Waals surface area contributed by atoms with Crippen molar-refractivity contribution in [3.63, 3.8) is 0 Å². The first-order chi connectivity index (χ1) is 11.1. The van der Waals surface area contributed by atoms with Crippen LogP contribution in [0.2, 0.25) is 5.02 Å². The van der Waals surface area contributed by atoms with E-state index in [-0.39, 0.29) is 11.1 Å². The number of hydrogen-bond donors (Lipinski definition) is 0. The number of halogens is 1. The van der Waals surface area contributed by atoms with Crippen molar-refractivity contribution in [1.29, 1.82) is 0 Å². The second-order valence-corrected chi connectivity index (χ2v) is 7.02. The summed E-state index contributed by atoms with van der Waals surface area (Å²) < 4.78 is 0. The predicted molar refractivity (Wildman–Crippen MR) is 98.1 cm³/mol. The van der Waals surface area contributed by atoms with Crippen molar-refractivity contribution in [2.24, 2.45) is 0 Å². The van der Waals surface area contributed by atoms with Crippen molar-refractivity contribution in [2.75, 3.05) is 11.2 Å². The number of hydrogen-bond acceptors (Lipinski definition) is 4. The highest BCUT2D eigenvalue weighted by Crippen LogP contribution is 2.38. The van der Waals surface area contributed by atoms with Gasteiger partial charge in [-0.1, -0.05) is 35.9 Å². The van der Waals surface area contributed by atoms with Gasteiger partial charge in [0.05, 0.1) is 15.6 Å². The summed E-state index contributed by atoms with van der Waals surface area (Å²) in [4.78, 5) is 27.4. The molecule has 2 amide bonds. The smallest absolute Gasteiger partial charge is 0.268 e. The monoisotopic (exact) mass is 361 g/mol. The second-order valence-electron chi connectivity index (χ2n) is 4.74. The van der Waals surface area contributed by atoms with E-state index in [9.17, 15) is 9.59 Å². The SMILES string of the molecule is CSc1ccc(/C=C2\SC(=O)N(c3ccccc3Cl)C2=O)cc1. The molecule has 0 saturated carbocycles. The summed E-state index contributed by atoms with van der Waals surface area (Å²) in [5.41, 5.74) is 1.30. The summed E-state index contributed by atoms with van der Waals surface area (Å²) in [6.07, 6.45) is 3.73. The Balaban J connectivity index is 1.91. The molecule has 1 heterocycles. The number of rotatable bonds is 3. The summed E-state index contributed by atoms with van der Waals surface area (Å²) in [7, 11) is 0. The molecule has 0 spiro atoms. The Kier molecular flexibility index (Phi) is 4.80. The Morgan fingerprint density at radius 2 is 1.78 bits per heavy atom. The van der Waals surface area contributed by atoms with Crippen LogP contribution in [-0.4, -0.2) is 17.4 Å². The maximum atomic E-state index is 12.5. The molecule has 2 aromatic carbocycles. The van der Waals surface area contributed by atoms with Crippen LogP contribution in [0.5, 0.6) is 0 Å². The average Bonchev–Trinajstić information content (AvgIpc) is 2.83. The van der Waals surface area contributed by atoms with Crippen LogP contribution in [0.3, 0.4) is 0 Å². The molecule has 1 fully saturated rings. The molecule has 3 nitrogen and oxygen atoms in total. The highest BCUT2D eigenvalue weighted by atomic mass is 35.5. The third-order valence-electron chi connectivity index (χ3n) is 3.30. The van der Waals surface area contributed by atoms with Gasteiger partial charge in [0.15, 0.2) is 0 Å². The number of anilines is 1. The molecule has 0 unspecified atom stereocenters. The summed E-state index contributed by atoms with van der Waals surface area (Å²) >= 11 is 8.67. The molecule has 116 valence electrons. The highest BCUT2D eigenvalue weighted by Gasteiger charge is 2.37. The molecule has 23 heavy (non-hydrogen) atoms. The normalized spacial score (nSPS) is 16.4. The minimum absolute atomic E-state index is 0.338. The van der Waals surface area contributed by atoms with E-state index in [0.29, 0.717) is 15.6 Å². The average molecular weight is 362 g/mol. The van der Waals surface area contributed by atoms with Crippen molar-refractivity contribution >= 4 is 58.0 Å². The van der Waals surface area contributed by atoms with Gasteiger partial charge in [-0.2, -0.15) is 0 Å². The van der Waals surface area contributed by atoms with Gasteiger partial charge >= 0.3 is 0 Å². The molecular formula is C17H12ClNO2S2. The van der Waals surface area contributed by atoms with Gasteiger partial charge in [0, 0.05) is 4.90 Å². The molecular weight excluding hydrogens is 350 g/mol. The van der Waals surface area contributed by atoms with E-state index in [0.717, 1.165) is 27.1 Å². The van der Waals surface area contributed by atoms with Gasteiger partial charge in [0.2, 0.25) is 0 Å². The van der Waals surface area contributed by atoms with Gasteiger partial charge in [-0.3, -0.25) is 9.59 Å². The highest BCUT2D eigenvalue weighted by molar-refractivity contribution is 8.19. The predicted octanol–water partition coefficient (Wildman–Crippen LogP) is 5.30. The number of imide groups is 1. The lowest BCUT2D eigenvalue weighted by molar-refractivity contribution is -0.113. The minimum atomic E-state index is -0.345. The summed E-state index contributed by atoms with van der Waals surface area (Å²) in [5, 5.41) is 0.0375. The van der Waals surface area contributed by atoms with E-state index in [1.165, 1.54) is 0 Å². The number of amides is 2. The van der Waals surface area contributed by atoms with Gasteiger partial charge < -0.3 is 0 Å². The van der Waals surface area contributed by atoms with Crippen LogP contribution in [0.15, 0.2) is 58.3 Å². The largest absolute Gasteiger partial charge is 0.298 e. The number of thioether (sulfide) groups is 2. The first-order valence-electron chi connectivity index (χ1n) is 6.76. The zero-order valence-electron chi connectivity index (χ0n) is 12.2. The Morgan fingerprint density at radius 3 is 2.43 bits per heavy atom. The van der Waals surface area contributed by atoms with E-state index >= 15 is 0 Å². The number of benzene rings is 2. The van der Waals surface area contributed by atoms with Crippen molar-refractivity contribution in [3.8, 4) is 0 Å². The Hall–Kier alpha value is -1.69. The van der Waals surface area contributed by atoms with Crippen LogP contribution in [0, 0.1) is 0 Å². The van der Waals surface area contributed by atoms with Crippen molar-refractivity contribution < 1.29 is 9.59 Å². The molecule has 1 aliphatic heterocycles. The van der Waals surface area contributed by atoms with E-state index in [1.807, 2.05) is 30.5 Å². The van der Waals surface area contributed by atoms with E-state index in [4.69, 9.17) is 11.6 Å². The molecule has 0 N–H and O–H groups in total. The van der Waals surface area contributed by atoms with Crippen molar-refractivity contribution in [3.05, 3.63) is 64.0 Å². The summed E-state index contributed by atoms with van der Waals surface area (Å²) in [6, 6.07) is 14.6. The van der Waals surface area contributed by atoms with Gasteiger partial charge in [-0.05, 0) is 53.9 Å². The fraction of sp³-hybridized carbons (Fsp3) is 0.0588. The van der Waals surface area contributed by atoms with Gasteiger partial charge in [0.25, 0.3) is 11.1 Å². The van der Waals surface area contributed by atoms with Crippen LogP contribution < -0.4 is 4.90 Å². The van der Waals surface area contributed by atoms with Crippen LogP contribution in [0.4, 0.5) is 10.5 Å². The summed E-state index contributed by atoms with van der Waals surface area (Å²) in [5.74, 6) is -0.345. The molecule has 2 aromatic rings. The number of carbonyl (C=O) groups is 2. The number of para-hydroxylation sites is 1. The maximum absolute atomic E-state index is 12.5. The lowest BCUT2D eigenvalue weighted by Gasteiger charge is -2.13. The molecule has 0 radical (unpaired) electrons. The first kappa shape index (κ1) is 16.2. The second kappa shape index (κ2) is 6.83. The van der Waals surface area contributed by atoms with Gasteiger partial charge in [0.1, 0.15) is 0 Å². The third-order valence-corrected chi connectivity index (χ3v) is 5.23. The maximum Gasteiger partial charge on any atom is 0.298 e. The van der Waals surface area contributed by atoms with Crippen LogP contribution >= 0.6 is 35.1 Å². The van der Waals surface area contributed by atoms with Gasteiger partial charge in [-0.25, -0.2) is 4.90 Å². The topological polar surface area (TPSA) is 37.4 Å². The van der Waals surface area contributed by atoms with Crippen molar-refractivity contribution in [2.45, 2.75) is 4.90 Å². The van der Waals surface area contributed by atoms with Crippen LogP contribution in [0.25, 0.3) is 6.08 Å². The Bertz CT molecular complexity index is 802. The Labute approximate surface area is 147 Å².